The van der Waals surface area contributed by atoms with E-state index in [-0.39, 0.29) is 5.03 Å². The van der Waals surface area contributed by atoms with Gasteiger partial charge in [0.1, 0.15) is 15.3 Å². The number of hydrogen-bond donors (Lipinski definition) is 0. The third-order valence-electron chi connectivity index (χ3n) is 1.11. The second-order valence-electron chi connectivity index (χ2n) is 4.05. The Morgan fingerprint density at radius 2 is 1.55 bits per heavy atom. The normalized spacial score (nSPS) is 13.3. The summed E-state index contributed by atoms with van der Waals surface area (Å²) in [4.78, 5) is 11.0. The van der Waals surface area contributed by atoms with Crippen molar-refractivity contribution < 1.29 is 8.91 Å². The van der Waals surface area contributed by atoms with Crippen molar-refractivity contribution in [2.45, 2.75) is 32.7 Å². The minimum atomic E-state index is -2.08. The summed E-state index contributed by atoms with van der Waals surface area (Å²) in [5.41, 5.74) is 0. The van der Waals surface area contributed by atoms with Crippen LogP contribution >= 0.6 is 0 Å². The first kappa shape index (κ1) is 11.3. The summed E-state index contributed by atoms with van der Waals surface area (Å²) >= 11 is 0. The van der Waals surface area contributed by atoms with E-state index in [0.29, 0.717) is 0 Å². The van der Waals surface area contributed by atoms with E-state index in [0.717, 1.165) is 0 Å². The van der Waals surface area contributed by atoms with Gasteiger partial charge in [0.05, 0.1) is 0 Å². The molecule has 0 N–H and O–H groups in total. The van der Waals surface area contributed by atoms with Gasteiger partial charge in [0.15, 0.2) is 8.32 Å². The molecule has 0 aromatic carbocycles. The standard InChI is InChI=1S/C6H15O2Si3/c1-10(2,3)8-11(4,5)6(7)9/h1-5H3. The van der Waals surface area contributed by atoms with Crippen LogP contribution in [0.15, 0.2) is 0 Å². The lowest BCUT2D eigenvalue weighted by molar-refractivity contribution is 0.270. The van der Waals surface area contributed by atoms with Crippen molar-refractivity contribution in [3.63, 3.8) is 0 Å². The average Bonchev–Trinajstić information content (AvgIpc) is 1.56. The van der Waals surface area contributed by atoms with Crippen molar-refractivity contribution in [1.29, 1.82) is 0 Å². The molecule has 0 bridgehead atoms. The van der Waals surface area contributed by atoms with Crippen LogP contribution in [0.1, 0.15) is 0 Å². The predicted molar refractivity (Wildman–Crippen MR) is 53.1 cm³/mol. The Bertz CT molecular complexity index is 160. The summed E-state index contributed by atoms with van der Waals surface area (Å²) in [6.07, 6.45) is 0. The molecule has 0 fully saturated rings. The van der Waals surface area contributed by atoms with Crippen molar-refractivity contribution in [2.24, 2.45) is 0 Å². The third kappa shape index (κ3) is 4.67. The first-order valence-corrected chi connectivity index (χ1v) is 10.4. The summed E-state index contributed by atoms with van der Waals surface area (Å²) in [5.74, 6) is 0. The Kier molecular flexibility index (Phi) is 3.43. The van der Waals surface area contributed by atoms with E-state index in [1.807, 2.05) is 13.1 Å². The van der Waals surface area contributed by atoms with Gasteiger partial charge < -0.3 is 8.91 Å². The lowest BCUT2D eigenvalue weighted by atomic mass is 11.7. The zero-order valence-electron chi connectivity index (χ0n) is 7.82. The summed E-state index contributed by atoms with van der Waals surface area (Å²) in [7, 11) is -0.607. The van der Waals surface area contributed by atoms with Crippen LogP contribution < -0.4 is 0 Å². The topological polar surface area (TPSA) is 26.3 Å². The molecule has 0 heterocycles. The number of carbonyl (C=O) groups excluding carboxylic acids is 1. The number of hydrogen-bond acceptors (Lipinski definition) is 2. The fraction of sp³-hybridized carbons (Fsp3) is 0.833. The van der Waals surface area contributed by atoms with E-state index in [2.05, 4.69) is 29.9 Å². The van der Waals surface area contributed by atoms with Gasteiger partial charge in [-0.25, -0.2) is 0 Å². The lowest BCUT2D eigenvalue weighted by Gasteiger charge is -2.29. The van der Waals surface area contributed by atoms with Crippen molar-refractivity contribution in [3.05, 3.63) is 0 Å². The van der Waals surface area contributed by atoms with Crippen molar-refractivity contribution in [2.75, 3.05) is 0 Å². The lowest BCUT2D eigenvalue weighted by Crippen LogP contribution is -2.48. The van der Waals surface area contributed by atoms with Gasteiger partial charge in [0, 0.05) is 0 Å². The Balaban J connectivity index is 4.25. The van der Waals surface area contributed by atoms with Gasteiger partial charge in [-0.05, 0) is 32.7 Å². The van der Waals surface area contributed by atoms with Crippen molar-refractivity contribution >= 4 is 31.9 Å². The van der Waals surface area contributed by atoms with Crippen LogP contribution in [0.5, 0.6) is 0 Å². The molecule has 63 valence electrons. The molecule has 0 aliphatic heterocycles. The maximum Gasteiger partial charge on any atom is 0.240 e. The second-order valence-corrected chi connectivity index (χ2v) is 13.5. The molecule has 0 spiro atoms. The molecule has 0 aliphatic rings. The highest BCUT2D eigenvalue weighted by atomic mass is 28.4. The zero-order valence-corrected chi connectivity index (χ0v) is 10.8. The molecule has 0 aliphatic carbocycles. The fourth-order valence-electron chi connectivity index (χ4n) is 0.812. The largest absolute Gasteiger partial charge is 0.451 e. The Hall–Kier alpha value is 0.281. The smallest absolute Gasteiger partial charge is 0.240 e. The fourth-order valence-corrected chi connectivity index (χ4v) is 7.77. The molecule has 0 atom stereocenters. The monoisotopic (exact) mass is 203 g/mol. The molecule has 0 saturated heterocycles. The molecule has 0 rings (SSSR count). The van der Waals surface area contributed by atoms with E-state index in [1.54, 1.807) is 0 Å². The number of rotatable bonds is 3. The van der Waals surface area contributed by atoms with Crippen LogP contribution in [0.2, 0.25) is 32.7 Å². The van der Waals surface area contributed by atoms with Crippen LogP contribution in [-0.4, -0.2) is 31.9 Å². The quantitative estimate of drug-likeness (QED) is 0.655. The Morgan fingerprint density at radius 1 is 1.18 bits per heavy atom. The maximum absolute atomic E-state index is 11.0. The Labute approximate surface area is 74.0 Å². The summed E-state index contributed by atoms with van der Waals surface area (Å²) < 4.78 is 5.77. The predicted octanol–water partition coefficient (Wildman–Crippen LogP) is 1.91. The van der Waals surface area contributed by atoms with Gasteiger partial charge in [-0.1, -0.05) is 0 Å². The third-order valence-corrected chi connectivity index (χ3v) is 8.50. The first-order chi connectivity index (χ1) is 4.65. The van der Waals surface area contributed by atoms with Gasteiger partial charge in [0.25, 0.3) is 0 Å². The van der Waals surface area contributed by atoms with E-state index >= 15 is 0 Å². The minimum Gasteiger partial charge on any atom is -0.451 e. The number of carbonyl (C=O) groups is 1. The van der Waals surface area contributed by atoms with Gasteiger partial charge in [-0.3, -0.25) is 0 Å². The molecule has 3 radical (unpaired) electrons. The van der Waals surface area contributed by atoms with Crippen molar-refractivity contribution in [3.8, 4) is 0 Å². The molecule has 0 amide bonds. The van der Waals surface area contributed by atoms with Crippen molar-refractivity contribution in [1.82, 2.24) is 0 Å². The molecular formula is C6H15O2Si3. The summed E-state index contributed by atoms with van der Waals surface area (Å²) in [5, 5.41) is 0.0416. The van der Waals surface area contributed by atoms with E-state index in [9.17, 15) is 4.79 Å². The second kappa shape index (κ2) is 3.34. The zero-order chi connectivity index (χ0) is 9.28. The van der Waals surface area contributed by atoms with Crippen LogP contribution in [0.3, 0.4) is 0 Å². The highest BCUT2D eigenvalue weighted by molar-refractivity contribution is 7.16. The van der Waals surface area contributed by atoms with E-state index in [4.69, 9.17) is 4.12 Å². The van der Waals surface area contributed by atoms with Gasteiger partial charge in [-0.15, -0.1) is 0 Å². The highest BCUT2D eigenvalue weighted by Gasteiger charge is 2.33. The van der Waals surface area contributed by atoms with E-state index < -0.39 is 16.6 Å². The average molecular weight is 203 g/mol. The molecule has 0 unspecified atom stereocenters. The van der Waals surface area contributed by atoms with Gasteiger partial charge >= 0.3 is 0 Å². The van der Waals surface area contributed by atoms with Crippen LogP contribution in [0.4, 0.5) is 4.79 Å². The molecule has 0 aromatic heterocycles. The first-order valence-electron chi connectivity index (χ1n) is 3.61. The Morgan fingerprint density at radius 3 is 1.64 bits per heavy atom. The molecule has 11 heavy (non-hydrogen) atoms. The molecular weight excluding hydrogens is 188 g/mol. The molecule has 2 nitrogen and oxygen atoms in total. The van der Waals surface area contributed by atoms with Crippen LogP contribution in [0.25, 0.3) is 0 Å². The van der Waals surface area contributed by atoms with Gasteiger partial charge in [-0.2, -0.15) is 0 Å². The molecule has 5 heteroatoms. The van der Waals surface area contributed by atoms with Gasteiger partial charge in [0.2, 0.25) is 8.32 Å². The molecule has 0 aromatic rings. The minimum absolute atomic E-state index is 0.0416. The molecule has 0 saturated carbocycles. The van der Waals surface area contributed by atoms with E-state index in [1.165, 1.54) is 0 Å². The maximum atomic E-state index is 11.0. The summed E-state index contributed by atoms with van der Waals surface area (Å²) in [6, 6.07) is 0. The SMILES string of the molecule is C[Si](C)(C)O[Si](C)(C)C(=O)[Si]. The van der Waals surface area contributed by atoms with Crippen LogP contribution in [-0.2, 0) is 4.12 Å². The highest BCUT2D eigenvalue weighted by Crippen LogP contribution is 2.14. The van der Waals surface area contributed by atoms with Crippen LogP contribution in [0, 0.1) is 0 Å². The summed E-state index contributed by atoms with van der Waals surface area (Å²) in [6.45, 7) is 10.1.